The van der Waals surface area contributed by atoms with Crippen LogP contribution in [0.25, 0.3) is 11.4 Å². The van der Waals surface area contributed by atoms with Crippen molar-refractivity contribution in [2.45, 2.75) is 13.3 Å². The van der Waals surface area contributed by atoms with Gasteiger partial charge in [0.15, 0.2) is 5.82 Å². The number of rotatable bonds is 2. The molecule has 94 valence electrons. The van der Waals surface area contributed by atoms with Gasteiger partial charge in [0, 0.05) is 14.5 Å². The number of benzene rings is 1. The molecular formula is C12H8Br3ClN2. The molecular weight excluding hydrogens is 447 g/mol. The monoisotopic (exact) mass is 452 g/mol. The van der Waals surface area contributed by atoms with Gasteiger partial charge in [-0.3, -0.25) is 0 Å². The number of halogens is 4. The van der Waals surface area contributed by atoms with Crippen LogP contribution in [0, 0.1) is 0 Å². The summed E-state index contributed by atoms with van der Waals surface area (Å²) >= 11 is 16.4. The fourth-order valence-electron chi connectivity index (χ4n) is 1.46. The molecule has 6 heteroatoms. The first-order valence-corrected chi connectivity index (χ1v) is 7.96. The molecule has 2 aromatic rings. The van der Waals surface area contributed by atoms with Gasteiger partial charge < -0.3 is 0 Å². The summed E-state index contributed by atoms with van der Waals surface area (Å²) in [5, 5.41) is 0.441. The molecule has 0 unspecified atom stereocenters. The summed E-state index contributed by atoms with van der Waals surface area (Å²) in [7, 11) is 0. The van der Waals surface area contributed by atoms with Crippen molar-refractivity contribution >= 4 is 59.4 Å². The number of hydrogen-bond donors (Lipinski definition) is 0. The molecule has 0 aliphatic rings. The minimum Gasteiger partial charge on any atom is -0.232 e. The second kappa shape index (κ2) is 5.99. The van der Waals surface area contributed by atoms with Crippen molar-refractivity contribution in [3.8, 4) is 11.4 Å². The Balaban J connectivity index is 2.57. The third kappa shape index (κ3) is 2.95. The fraction of sp³-hybridized carbons (Fsp3) is 0.167. The second-order valence-corrected chi connectivity index (χ2v) is 6.44. The first kappa shape index (κ1) is 14.4. The quantitative estimate of drug-likeness (QED) is 0.548. The molecule has 1 aromatic heterocycles. The van der Waals surface area contributed by atoms with Crippen LogP contribution in [0.1, 0.15) is 12.6 Å². The summed E-state index contributed by atoms with van der Waals surface area (Å²) < 4.78 is 2.72. The van der Waals surface area contributed by atoms with Gasteiger partial charge in [-0.05, 0) is 72.4 Å². The predicted molar refractivity (Wildman–Crippen MR) is 85.0 cm³/mol. The molecule has 0 amide bonds. The lowest BCUT2D eigenvalue weighted by molar-refractivity contribution is 0.990. The van der Waals surface area contributed by atoms with Gasteiger partial charge in [0.1, 0.15) is 5.15 Å². The standard InChI is InChI=1S/C12H8Br3ClN2/c1-2-9-10(15)11(16)18-12(17-9)6-3-4-7(13)8(14)5-6/h3-5H,2H2,1H3. The van der Waals surface area contributed by atoms with E-state index >= 15 is 0 Å². The van der Waals surface area contributed by atoms with Gasteiger partial charge in [0.05, 0.1) is 10.2 Å². The van der Waals surface area contributed by atoms with Crippen molar-refractivity contribution in [2.75, 3.05) is 0 Å². The third-order valence-electron chi connectivity index (χ3n) is 2.39. The summed E-state index contributed by atoms with van der Waals surface area (Å²) in [5.41, 5.74) is 1.83. The molecule has 0 aliphatic heterocycles. The van der Waals surface area contributed by atoms with Crippen molar-refractivity contribution < 1.29 is 0 Å². The zero-order chi connectivity index (χ0) is 13.3. The van der Waals surface area contributed by atoms with Gasteiger partial charge in [0.2, 0.25) is 0 Å². The lowest BCUT2D eigenvalue weighted by atomic mass is 10.2. The molecule has 0 aliphatic carbocycles. The van der Waals surface area contributed by atoms with Crippen LogP contribution in [-0.4, -0.2) is 9.97 Å². The van der Waals surface area contributed by atoms with E-state index in [9.17, 15) is 0 Å². The van der Waals surface area contributed by atoms with E-state index in [1.54, 1.807) is 0 Å². The SMILES string of the molecule is CCc1nc(-c2ccc(Br)c(Br)c2)nc(Cl)c1Br. The van der Waals surface area contributed by atoms with Crippen molar-refractivity contribution in [1.29, 1.82) is 0 Å². The number of aromatic nitrogens is 2. The van der Waals surface area contributed by atoms with E-state index in [0.29, 0.717) is 11.0 Å². The van der Waals surface area contributed by atoms with Crippen LogP contribution < -0.4 is 0 Å². The Hall–Kier alpha value is 0.0300. The molecule has 0 fully saturated rings. The van der Waals surface area contributed by atoms with Crippen molar-refractivity contribution in [2.24, 2.45) is 0 Å². The van der Waals surface area contributed by atoms with E-state index in [2.05, 4.69) is 57.8 Å². The Morgan fingerprint density at radius 1 is 1.11 bits per heavy atom. The van der Waals surface area contributed by atoms with Gasteiger partial charge in [-0.2, -0.15) is 0 Å². The predicted octanol–water partition coefficient (Wildman–Crippen LogP) is 5.65. The third-order valence-corrected chi connectivity index (χ3v) is 5.61. The van der Waals surface area contributed by atoms with Crippen LogP contribution in [0.15, 0.2) is 31.6 Å². The topological polar surface area (TPSA) is 25.8 Å². The Labute approximate surface area is 136 Å². The summed E-state index contributed by atoms with van der Waals surface area (Å²) in [4.78, 5) is 8.81. The molecule has 0 saturated heterocycles. The summed E-state index contributed by atoms with van der Waals surface area (Å²) in [6.07, 6.45) is 0.799. The Bertz CT molecular complexity index is 602. The minimum atomic E-state index is 0.441. The van der Waals surface area contributed by atoms with E-state index in [4.69, 9.17) is 11.6 Å². The molecule has 0 bridgehead atoms. The van der Waals surface area contributed by atoms with Crippen LogP contribution in [-0.2, 0) is 6.42 Å². The second-order valence-electron chi connectivity index (χ2n) is 3.58. The zero-order valence-corrected chi connectivity index (χ0v) is 14.9. The molecule has 0 atom stereocenters. The molecule has 1 heterocycles. The molecule has 0 radical (unpaired) electrons. The van der Waals surface area contributed by atoms with Gasteiger partial charge in [-0.1, -0.05) is 18.5 Å². The molecule has 0 spiro atoms. The van der Waals surface area contributed by atoms with E-state index in [1.807, 2.05) is 25.1 Å². The smallest absolute Gasteiger partial charge is 0.161 e. The van der Waals surface area contributed by atoms with Crippen LogP contribution in [0.2, 0.25) is 5.15 Å². The first-order chi connectivity index (χ1) is 8.52. The van der Waals surface area contributed by atoms with E-state index in [-0.39, 0.29) is 0 Å². The molecule has 0 N–H and O–H groups in total. The highest BCUT2D eigenvalue weighted by atomic mass is 79.9. The Morgan fingerprint density at radius 2 is 1.83 bits per heavy atom. The minimum absolute atomic E-state index is 0.441. The fourth-order valence-corrected chi connectivity index (χ4v) is 2.73. The first-order valence-electron chi connectivity index (χ1n) is 5.20. The van der Waals surface area contributed by atoms with Crippen molar-refractivity contribution in [1.82, 2.24) is 9.97 Å². The Kier molecular flexibility index (Phi) is 4.80. The largest absolute Gasteiger partial charge is 0.232 e. The molecule has 18 heavy (non-hydrogen) atoms. The molecule has 1 aromatic carbocycles. The summed E-state index contributed by atoms with van der Waals surface area (Å²) in [6, 6.07) is 5.86. The highest BCUT2D eigenvalue weighted by molar-refractivity contribution is 9.13. The van der Waals surface area contributed by atoms with Crippen LogP contribution in [0.3, 0.4) is 0 Å². The van der Waals surface area contributed by atoms with Crippen molar-refractivity contribution in [3.05, 3.63) is 42.5 Å². The van der Waals surface area contributed by atoms with E-state index in [1.165, 1.54) is 0 Å². The van der Waals surface area contributed by atoms with Crippen LogP contribution >= 0.6 is 59.4 Å². The maximum absolute atomic E-state index is 6.10. The Morgan fingerprint density at radius 3 is 2.44 bits per heavy atom. The highest BCUT2D eigenvalue weighted by Crippen LogP contribution is 2.30. The molecule has 0 saturated carbocycles. The summed E-state index contributed by atoms with van der Waals surface area (Å²) in [6.45, 7) is 2.03. The number of hydrogen-bond acceptors (Lipinski definition) is 2. The van der Waals surface area contributed by atoms with Gasteiger partial charge in [0.25, 0.3) is 0 Å². The zero-order valence-electron chi connectivity index (χ0n) is 9.35. The van der Waals surface area contributed by atoms with Gasteiger partial charge >= 0.3 is 0 Å². The number of aryl methyl sites for hydroxylation is 1. The normalized spacial score (nSPS) is 10.7. The maximum Gasteiger partial charge on any atom is 0.161 e. The lowest BCUT2D eigenvalue weighted by Crippen LogP contribution is -1.97. The average molecular weight is 455 g/mol. The average Bonchev–Trinajstić information content (AvgIpc) is 2.36. The molecule has 2 nitrogen and oxygen atoms in total. The van der Waals surface area contributed by atoms with Crippen LogP contribution in [0.4, 0.5) is 0 Å². The van der Waals surface area contributed by atoms with Gasteiger partial charge in [-0.15, -0.1) is 0 Å². The summed E-state index contributed by atoms with van der Waals surface area (Å²) in [5.74, 6) is 0.633. The van der Waals surface area contributed by atoms with Gasteiger partial charge in [-0.25, -0.2) is 9.97 Å². The lowest BCUT2D eigenvalue weighted by Gasteiger charge is -2.07. The highest BCUT2D eigenvalue weighted by Gasteiger charge is 2.11. The van der Waals surface area contributed by atoms with Crippen LogP contribution in [0.5, 0.6) is 0 Å². The maximum atomic E-state index is 6.10. The van der Waals surface area contributed by atoms with E-state index < -0.39 is 0 Å². The van der Waals surface area contributed by atoms with Crippen molar-refractivity contribution in [3.63, 3.8) is 0 Å². The van der Waals surface area contributed by atoms with E-state index in [0.717, 1.165) is 31.1 Å². The molecule has 2 rings (SSSR count). The number of nitrogens with zero attached hydrogens (tertiary/aromatic N) is 2.